The van der Waals surface area contributed by atoms with E-state index in [0.717, 1.165) is 24.5 Å². The lowest BCUT2D eigenvalue weighted by atomic mass is 10.1. The fourth-order valence-corrected chi connectivity index (χ4v) is 2.39. The van der Waals surface area contributed by atoms with Crippen LogP contribution in [0.2, 0.25) is 0 Å². The Labute approximate surface area is 122 Å². The second-order valence-corrected chi connectivity index (χ2v) is 5.01. The Balaban J connectivity index is 1.78. The predicted octanol–water partition coefficient (Wildman–Crippen LogP) is 3.45. The summed E-state index contributed by atoms with van der Waals surface area (Å²) in [6, 6.07) is 3.84. The number of pyridine rings is 1. The third kappa shape index (κ3) is 2.94. The first kappa shape index (κ1) is 13.7. The fourth-order valence-electron chi connectivity index (χ4n) is 2.39. The van der Waals surface area contributed by atoms with Gasteiger partial charge >= 0.3 is 0 Å². The summed E-state index contributed by atoms with van der Waals surface area (Å²) in [5, 5.41) is 3.78. The molecule has 0 radical (unpaired) electrons. The van der Waals surface area contributed by atoms with Crippen molar-refractivity contribution in [3.05, 3.63) is 30.3 Å². The molecular formula is C15H17FN4O. The Morgan fingerprint density at radius 3 is 2.76 bits per heavy atom. The van der Waals surface area contributed by atoms with E-state index < -0.39 is 5.83 Å². The molecular weight excluding hydrogens is 271 g/mol. The van der Waals surface area contributed by atoms with E-state index in [0.29, 0.717) is 5.82 Å². The molecule has 0 saturated carbocycles. The molecule has 0 amide bonds. The summed E-state index contributed by atoms with van der Waals surface area (Å²) in [7, 11) is 0. The molecule has 1 aliphatic heterocycles. The molecule has 5 nitrogen and oxygen atoms in total. The zero-order valence-electron chi connectivity index (χ0n) is 11.9. The van der Waals surface area contributed by atoms with E-state index in [9.17, 15) is 4.39 Å². The molecule has 0 bridgehead atoms. The minimum atomic E-state index is -0.522. The van der Waals surface area contributed by atoms with Gasteiger partial charge in [0.25, 0.3) is 5.89 Å². The predicted molar refractivity (Wildman–Crippen MR) is 78.4 cm³/mol. The van der Waals surface area contributed by atoms with Gasteiger partial charge < -0.3 is 9.42 Å². The molecule has 2 aromatic heterocycles. The number of hydrogen-bond donors (Lipinski definition) is 0. The van der Waals surface area contributed by atoms with E-state index in [4.69, 9.17) is 4.52 Å². The van der Waals surface area contributed by atoms with Crippen LogP contribution in [0, 0.1) is 0 Å². The van der Waals surface area contributed by atoms with Gasteiger partial charge in [-0.15, -0.1) is 0 Å². The fraction of sp³-hybridized carbons (Fsp3) is 0.400. The molecule has 1 fully saturated rings. The van der Waals surface area contributed by atoms with Crippen molar-refractivity contribution >= 4 is 11.6 Å². The first-order valence-electron chi connectivity index (χ1n) is 7.15. The summed E-state index contributed by atoms with van der Waals surface area (Å²) in [6.07, 6.45) is 6.69. The summed E-state index contributed by atoms with van der Waals surface area (Å²) in [5.41, 5.74) is 0.717. The van der Waals surface area contributed by atoms with Gasteiger partial charge in [-0.25, -0.2) is 9.37 Å². The number of nitrogens with zero attached hydrogens (tertiary/aromatic N) is 4. The van der Waals surface area contributed by atoms with Crippen LogP contribution in [0.3, 0.4) is 0 Å². The van der Waals surface area contributed by atoms with Crippen LogP contribution < -0.4 is 4.90 Å². The monoisotopic (exact) mass is 288 g/mol. The molecule has 2 aromatic rings. The van der Waals surface area contributed by atoms with Gasteiger partial charge in [-0.2, -0.15) is 4.98 Å². The molecule has 0 aliphatic carbocycles. The van der Waals surface area contributed by atoms with Gasteiger partial charge in [0.2, 0.25) is 5.82 Å². The van der Waals surface area contributed by atoms with Gasteiger partial charge in [0, 0.05) is 24.8 Å². The van der Waals surface area contributed by atoms with Crippen molar-refractivity contribution in [2.24, 2.45) is 0 Å². The number of allylic oxidation sites excluding steroid dienone is 1. The van der Waals surface area contributed by atoms with Crippen molar-refractivity contribution in [3.63, 3.8) is 0 Å². The van der Waals surface area contributed by atoms with Crippen LogP contribution >= 0.6 is 0 Å². The second-order valence-electron chi connectivity index (χ2n) is 5.01. The highest BCUT2D eigenvalue weighted by atomic mass is 19.1. The van der Waals surface area contributed by atoms with Crippen LogP contribution in [0.15, 0.2) is 28.9 Å². The van der Waals surface area contributed by atoms with Gasteiger partial charge in [-0.05, 0) is 44.4 Å². The normalized spacial score (nSPS) is 16.3. The van der Waals surface area contributed by atoms with E-state index in [1.807, 2.05) is 12.1 Å². The van der Waals surface area contributed by atoms with E-state index in [2.05, 4.69) is 20.0 Å². The second kappa shape index (κ2) is 6.03. The van der Waals surface area contributed by atoms with Gasteiger partial charge in [0.15, 0.2) is 5.83 Å². The maximum Gasteiger partial charge on any atom is 0.286 e. The minimum absolute atomic E-state index is 0.104. The number of hydrogen-bond acceptors (Lipinski definition) is 5. The number of aromatic nitrogens is 3. The molecule has 3 rings (SSSR count). The van der Waals surface area contributed by atoms with Crippen LogP contribution in [0.4, 0.5) is 10.2 Å². The van der Waals surface area contributed by atoms with Crippen molar-refractivity contribution in [2.75, 3.05) is 18.0 Å². The van der Waals surface area contributed by atoms with E-state index >= 15 is 0 Å². The zero-order chi connectivity index (χ0) is 14.7. The first-order valence-corrected chi connectivity index (χ1v) is 7.15. The third-order valence-electron chi connectivity index (χ3n) is 3.57. The maximum atomic E-state index is 13.3. The summed E-state index contributed by atoms with van der Waals surface area (Å²) in [6.45, 7) is 3.67. The van der Waals surface area contributed by atoms with Crippen LogP contribution in [0.1, 0.15) is 32.1 Å². The highest BCUT2D eigenvalue weighted by Gasteiger charge is 2.14. The molecule has 21 heavy (non-hydrogen) atoms. The minimum Gasteiger partial charge on any atom is -0.357 e. The van der Waals surface area contributed by atoms with Crippen molar-refractivity contribution in [1.82, 2.24) is 15.1 Å². The van der Waals surface area contributed by atoms with Crippen LogP contribution in [-0.2, 0) is 0 Å². The first-order chi connectivity index (χ1) is 10.3. The lowest BCUT2D eigenvalue weighted by Crippen LogP contribution is -2.29. The Hall–Kier alpha value is -2.24. The Morgan fingerprint density at radius 1 is 1.29 bits per heavy atom. The van der Waals surface area contributed by atoms with Crippen molar-refractivity contribution in [2.45, 2.75) is 26.2 Å². The largest absolute Gasteiger partial charge is 0.357 e. The number of halogens is 1. The topological polar surface area (TPSA) is 55.1 Å². The number of rotatable bonds is 3. The number of piperidine rings is 1. The molecule has 0 spiro atoms. The lowest BCUT2D eigenvalue weighted by molar-refractivity contribution is 0.398. The quantitative estimate of drug-likeness (QED) is 0.865. The summed E-state index contributed by atoms with van der Waals surface area (Å²) in [5.74, 6) is 0.681. The standard InChI is InChI=1S/C15H17FN4O/c1-2-12(16)15-18-14(19-21-15)11-6-7-13(17-10-11)20-8-4-3-5-9-20/h2,6-7,10H,3-5,8-9H2,1H3. The molecule has 3 heterocycles. The Bertz CT molecular complexity index is 629. The van der Waals surface area contributed by atoms with Crippen LogP contribution in [0.25, 0.3) is 17.2 Å². The average molecular weight is 288 g/mol. The van der Waals surface area contributed by atoms with E-state index in [-0.39, 0.29) is 5.89 Å². The highest BCUT2D eigenvalue weighted by molar-refractivity contribution is 5.58. The van der Waals surface area contributed by atoms with Crippen molar-refractivity contribution in [3.8, 4) is 11.4 Å². The molecule has 0 N–H and O–H groups in total. The van der Waals surface area contributed by atoms with E-state index in [1.165, 1.54) is 25.3 Å². The van der Waals surface area contributed by atoms with E-state index in [1.54, 1.807) is 13.1 Å². The Kier molecular flexibility index (Phi) is 3.94. The van der Waals surface area contributed by atoms with Crippen LogP contribution in [-0.4, -0.2) is 28.2 Å². The lowest BCUT2D eigenvalue weighted by Gasteiger charge is -2.27. The molecule has 6 heteroatoms. The maximum absolute atomic E-state index is 13.3. The smallest absolute Gasteiger partial charge is 0.286 e. The average Bonchev–Trinajstić information content (AvgIpc) is 3.05. The molecule has 0 atom stereocenters. The molecule has 0 aromatic carbocycles. The number of anilines is 1. The van der Waals surface area contributed by atoms with Gasteiger partial charge in [-0.3, -0.25) is 0 Å². The summed E-state index contributed by atoms with van der Waals surface area (Å²) >= 11 is 0. The molecule has 0 unspecified atom stereocenters. The van der Waals surface area contributed by atoms with Gasteiger partial charge in [0.05, 0.1) is 0 Å². The van der Waals surface area contributed by atoms with Gasteiger partial charge in [-0.1, -0.05) is 5.16 Å². The molecule has 1 aliphatic rings. The highest BCUT2D eigenvalue weighted by Crippen LogP contribution is 2.22. The summed E-state index contributed by atoms with van der Waals surface area (Å²) < 4.78 is 18.2. The molecule has 1 saturated heterocycles. The molecule has 110 valence electrons. The third-order valence-corrected chi connectivity index (χ3v) is 3.57. The van der Waals surface area contributed by atoms with Gasteiger partial charge in [0.1, 0.15) is 5.82 Å². The van der Waals surface area contributed by atoms with Crippen molar-refractivity contribution < 1.29 is 8.91 Å². The Morgan fingerprint density at radius 2 is 2.10 bits per heavy atom. The van der Waals surface area contributed by atoms with Crippen LogP contribution in [0.5, 0.6) is 0 Å². The SMILES string of the molecule is CC=C(F)c1nc(-c2ccc(N3CCCCC3)nc2)no1. The van der Waals surface area contributed by atoms with Crippen molar-refractivity contribution in [1.29, 1.82) is 0 Å². The zero-order valence-corrected chi connectivity index (χ0v) is 11.9. The summed E-state index contributed by atoms with van der Waals surface area (Å²) in [4.78, 5) is 10.7.